The van der Waals surface area contributed by atoms with Gasteiger partial charge in [0.2, 0.25) is 0 Å². The van der Waals surface area contributed by atoms with Crippen molar-refractivity contribution in [3.8, 4) is 0 Å². The lowest BCUT2D eigenvalue weighted by Gasteiger charge is -2.15. The molecule has 0 saturated carbocycles. The Morgan fingerprint density at radius 1 is 1.43 bits per heavy atom. The molecule has 0 spiro atoms. The molecule has 1 saturated heterocycles. The summed E-state index contributed by atoms with van der Waals surface area (Å²) in [6.45, 7) is 4.97. The molecule has 0 aliphatic carbocycles. The molecule has 1 fully saturated rings. The molecule has 3 atom stereocenters. The van der Waals surface area contributed by atoms with Crippen molar-refractivity contribution in [2.24, 2.45) is 11.7 Å². The summed E-state index contributed by atoms with van der Waals surface area (Å²) in [5.41, 5.74) is 6.18. The molecule has 1 aromatic heterocycles. The Kier molecular flexibility index (Phi) is 6.06. The minimum atomic E-state index is -0.458. The maximum Gasteiger partial charge on any atom is 0.269 e. The number of pyridine rings is 1. The van der Waals surface area contributed by atoms with Gasteiger partial charge in [-0.1, -0.05) is 6.92 Å². The molecule has 2 heterocycles. The standard InChI is InChI=1S/C16H24N4O3/c1-10-8-11(2)23-14(10)16(22)20-12-4-7-18-13(9-12)15(21)19-6-3-5-17/h4,7,9-11,14H,3,5-6,8,17H2,1-2H3,(H,19,21)(H,18,20,22). The van der Waals surface area contributed by atoms with Crippen molar-refractivity contribution < 1.29 is 14.3 Å². The number of anilines is 1. The summed E-state index contributed by atoms with van der Waals surface area (Å²) in [6.07, 6.45) is 2.69. The predicted octanol–water partition coefficient (Wildman–Crippen LogP) is 0.912. The number of hydrogen-bond donors (Lipinski definition) is 3. The zero-order valence-corrected chi connectivity index (χ0v) is 13.5. The SMILES string of the molecule is CC1CC(C)C(C(=O)Nc2ccnc(C(=O)NCCCN)c2)O1. The van der Waals surface area contributed by atoms with Gasteiger partial charge in [-0.25, -0.2) is 0 Å². The van der Waals surface area contributed by atoms with Crippen LogP contribution in [0.1, 0.15) is 37.2 Å². The second-order valence-electron chi connectivity index (χ2n) is 5.90. The molecule has 2 rings (SSSR count). The molecule has 3 unspecified atom stereocenters. The maximum absolute atomic E-state index is 12.3. The largest absolute Gasteiger partial charge is 0.365 e. The third-order valence-corrected chi connectivity index (χ3v) is 3.78. The zero-order chi connectivity index (χ0) is 16.8. The van der Waals surface area contributed by atoms with Gasteiger partial charge in [0.1, 0.15) is 11.8 Å². The number of nitrogens with zero attached hydrogens (tertiary/aromatic N) is 1. The average Bonchev–Trinajstić information content (AvgIpc) is 2.86. The van der Waals surface area contributed by atoms with E-state index in [4.69, 9.17) is 10.5 Å². The average molecular weight is 320 g/mol. The van der Waals surface area contributed by atoms with Crippen LogP contribution in [0.4, 0.5) is 5.69 Å². The maximum atomic E-state index is 12.3. The lowest BCUT2D eigenvalue weighted by molar-refractivity contribution is -0.127. The van der Waals surface area contributed by atoms with Crippen LogP contribution in [-0.4, -0.2) is 42.1 Å². The molecule has 7 nitrogen and oxygen atoms in total. The normalized spacial score (nSPS) is 23.5. The summed E-state index contributed by atoms with van der Waals surface area (Å²) in [4.78, 5) is 28.3. The molecule has 126 valence electrons. The summed E-state index contributed by atoms with van der Waals surface area (Å²) < 4.78 is 5.63. The van der Waals surface area contributed by atoms with Crippen molar-refractivity contribution in [2.75, 3.05) is 18.4 Å². The quantitative estimate of drug-likeness (QED) is 0.676. The van der Waals surface area contributed by atoms with E-state index in [-0.39, 0.29) is 29.5 Å². The fraction of sp³-hybridized carbons (Fsp3) is 0.562. The Balaban J connectivity index is 1.97. The van der Waals surface area contributed by atoms with E-state index in [0.29, 0.717) is 25.2 Å². The fourth-order valence-corrected chi connectivity index (χ4v) is 2.65. The lowest BCUT2D eigenvalue weighted by atomic mass is 10.0. The Labute approximate surface area is 136 Å². The fourth-order valence-electron chi connectivity index (χ4n) is 2.65. The van der Waals surface area contributed by atoms with Gasteiger partial charge in [0, 0.05) is 18.4 Å². The highest BCUT2D eigenvalue weighted by atomic mass is 16.5. The number of ether oxygens (including phenoxy) is 1. The first kappa shape index (κ1) is 17.4. The van der Waals surface area contributed by atoms with E-state index in [2.05, 4.69) is 15.6 Å². The molecule has 1 aliphatic rings. The number of rotatable bonds is 6. The molecule has 7 heteroatoms. The summed E-state index contributed by atoms with van der Waals surface area (Å²) in [5, 5.41) is 5.52. The van der Waals surface area contributed by atoms with Crippen molar-refractivity contribution >= 4 is 17.5 Å². The van der Waals surface area contributed by atoms with Crippen LogP contribution in [-0.2, 0) is 9.53 Å². The Hall–Kier alpha value is -1.99. The van der Waals surface area contributed by atoms with Gasteiger partial charge in [-0.3, -0.25) is 14.6 Å². The van der Waals surface area contributed by atoms with Crippen molar-refractivity contribution in [3.63, 3.8) is 0 Å². The van der Waals surface area contributed by atoms with Crippen molar-refractivity contribution in [3.05, 3.63) is 24.0 Å². The highest BCUT2D eigenvalue weighted by Gasteiger charge is 2.35. The molecule has 1 aliphatic heterocycles. The van der Waals surface area contributed by atoms with Gasteiger partial charge < -0.3 is 21.1 Å². The molecule has 0 aromatic carbocycles. The van der Waals surface area contributed by atoms with Crippen LogP contribution in [0, 0.1) is 5.92 Å². The number of nitrogens with two attached hydrogens (primary N) is 1. The molecular formula is C16H24N4O3. The van der Waals surface area contributed by atoms with Gasteiger partial charge in [-0.15, -0.1) is 0 Å². The first-order chi connectivity index (χ1) is 11.0. The summed E-state index contributed by atoms with van der Waals surface area (Å²) in [6, 6.07) is 3.20. The van der Waals surface area contributed by atoms with Crippen LogP contribution < -0.4 is 16.4 Å². The molecule has 0 radical (unpaired) electrons. The van der Waals surface area contributed by atoms with E-state index in [9.17, 15) is 9.59 Å². The molecule has 2 amide bonds. The number of aromatic nitrogens is 1. The third-order valence-electron chi connectivity index (χ3n) is 3.78. The highest BCUT2D eigenvalue weighted by molar-refractivity contribution is 5.97. The smallest absolute Gasteiger partial charge is 0.269 e. The molecule has 23 heavy (non-hydrogen) atoms. The molecular weight excluding hydrogens is 296 g/mol. The minimum absolute atomic E-state index is 0.0853. The molecule has 1 aromatic rings. The van der Waals surface area contributed by atoms with Gasteiger partial charge >= 0.3 is 0 Å². The van der Waals surface area contributed by atoms with Crippen molar-refractivity contribution in [1.82, 2.24) is 10.3 Å². The Morgan fingerprint density at radius 3 is 2.87 bits per heavy atom. The van der Waals surface area contributed by atoms with Gasteiger partial charge in [-0.2, -0.15) is 0 Å². The number of nitrogens with one attached hydrogen (secondary N) is 2. The van der Waals surface area contributed by atoms with Crippen LogP contribution in [0.3, 0.4) is 0 Å². The monoisotopic (exact) mass is 320 g/mol. The topological polar surface area (TPSA) is 106 Å². The first-order valence-electron chi connectivity index (χ1n) is 7.92. The first-order valence-corrected chi connectivity index (χ1v) is 7.92. The van der Waals surface area contributed by atoms with Crippen molar-refractivity contribution in [1.29, 1.82) is 0 Å². The summed E-state index contributed by atoms with van der Waals surface area (Å²) in [5.74, 6) is -0.304. The van der Waals surface area contributed by atoms with Crippen LogP contribution in [0.25, 0.3) is 0 Å². The highest BCUT2D eigenvalue weighted by Crippen LogP contribution is 2.26. The van der Waals surface area contributed by atoms with E-state index < -0.39 is 6.10 Å². The van der Waals surface area contributed by atoms with Crippen LogP contribution in [0.15, 0.2) is 18.3 Å². The van der Waals surface area contributed by atoms with E-state index in [1.54, 1.807) is 12.1 Å². The van der Waals surface area contributed by atoms with E-state index in [1.165, 1.54) is 6.20 Å². The van der Waals surface area contributed by atoms with E-state index >= 15 is 0 Å². The Bertz CT molecular complexity index is 564. The second-order valence-corrected chi connectivity index (χ2v) is 5.90. The zero-order valence-electron chi connectivity index (χ0n) is 13.5. The second kappa shape index (κ2) is 8.03. The molecule has 0 bridgehead atoms. The van der Waals surface area contributed by atoms with Gasteiger partial charge in [0.15, 0.2) is 0 Å². The number of carbonyl (C=O) groups excluding carboxylic acids is 2. The summed E-state index contributed by atoms with van der Waals surface area (Å²) >= 11 is 0. The minimum Gasteiger partial charge on any atom is -0.365 e. The number of amides is 2. The van der Waals surface area contributed by atoms with Crippen LogP contribution in [0.5, 0.6) is 0 Å². The number of hydrogen-bond acceptors (Lipinski definition) is 5. The predicted molar refractivity (Wildman–Crippen MR) is 87.0 cm³/mol. The van der Waals surface area contributed by atoms with Gasteiger partial charge in [0.05, 0.1) is 6.10 Å². The number of carbonyl (C=O) groups is 2. The third kappa shape index (κ3) is 4.74. The van der Waals surface area contributed by atoms with Crippen LogP contribution in [0.2, 0.25) is 0 Å². The van der Waals surface area contributed by atoms with E-state index in [0.717, 1.165) is 6.42 Å². The van der Waals surface area contributed by atoms with Crippen LogP contribution >= 0.6 is 0 Å². The van der Waals surface area contributed by atoms with Crippen molar-refractivity contribution in [2.45, 2.75) is 38.9 Å². The Morgan fingerprint density at radius 2 is 2.22 bits per heavy atom. The van der Waals surface area contributed by atoms with Gasteiger partial charge in [-0.05, 0) is 44.4 Å². The molecule has 4 N–H and O–H groups in total. The summed E-state index contributed by atoms with van der Waals surface area (Å²) in [7, 11) is 0. The lowest BCUT2D eigenvalue weighted by Crippen LogP contribution is -2.32. The van der Waals surface area contributed by atoms with Gasteiger partial charge in [0.25, 0.3) is 11.8 Å². The van der Waals surface area contributed by atoms with E-state index in [1.807, 2.05) is 13.8 Å².